The van der Waals surface area contributed by atoms with E-state index in [0.717, 1.165) is 5.69 Å². The monoisotopic (exact) mass is 267 g/mol. The van der Waals surface area contributed by atoms with Crippen LogP contribution in [0.4, 0.5) is 4.79 Å². The van der Waals surface area contributed by atoms with Gasteiger partial charge in [0.15, 0.2) is 0 Å². The van der Waals surface area contributed by atoms with Gasteiger partial charge in [0.2, 0.25) is 0 Å². The Bertz CT molecular complexity index is 464. The van der Waals surface area contributed by atoms with Crippen molar-refractivity contribution < 1.29 is 14.6 Å². The van der Waals surface area contributed by atoms with Gasteiger partial charge in [-0.05, 0) is 20.8 Å². The number of hydrogen-bond acceptors (Lipinski definition) is 4. The van der Waals surface area contributed by atoms with Gasteiger partial charge in [-0.2, -0.15) is 0 Å². The lowest BCUT2D eigenvalue weighted by Crippen LogP contribution is -2.35. The van der Waals surface area contributed by atoms with E-state index in [1.807, 2.05) is 38.6 Å². The minimum atomic E-state index is -0.595. The van der Waals surface area contributed by atoms with Crippen molar-refractivity contribution in [2.45, 2.75) is 38.4 Å². The molecule has 0 saturated carbocycles. The van der Waals surface area contributed by atoms with Crippen LogP contribution >= 0.6 is 0 Å². The van der Waals surface area contributed by atoms with E-state index in [0.29, 0.717) is 6.54 Å². The summed E-state index contributed by atoms with van der Waals surface area (Å²) in [7, 11) is 1.88. The summed E-state index contributed by atoms with van der Waals surface area (Å²) in [5.74, 6) is -0.145. The molecule has 6 nitrogen and oxygen atoms in total. The molecule has 1 aliphatic heterocycles. The molecule has 1 N–H and O–H groups in total. The maximum absolute atomic E-state index is 12.0. The van der Waals surface area contributed by atoms with Crippen molar-refractivity contribution in [1.29, 1.82) is 0 Å². The lowest BCUT2D eigenvalue weighted by molar-refractivity contribution is 0.0270. The van der Waals surface area contributed by atoms with Crippen LogP contribution in [-0.2, 0) is 11.8 Å². The van der Waals surface area contributed by atoms with E-state index in [2.05, 4.69) is 4.98 Å². The van der Waals surface area contributed by atoms with Crippen molar-refractivity contribution in [3.63, 3.8) is 0 Å². The number of aliphatic hydroxyl groups is 1. The van der Waals surface area contributed by atoms with E-state index in [-0.39, 0.29) is 18.6 Å². The van der Waals surface area contributed by atoms with Crippen LogP contribution in [0.25, 0.3) is 0 Å². The number of rotatable bonds is 1. The molecule has 19 heavy (non-hydrogen) atoms. The topological polar surface area (TPSA) is 67.6 Å². The van der Waals surface area contributed by atoms with Gasteiger partial charge in [0.05, 0.1) is 24.7 Å². The molecule has 2 atom stereocenters. The highest BCUT2D eigenvalue weighted by atomic mass is 16.6. The Morgan fingerprint density at radius 1 is 1.47 bits per heavy atom. The van der Waals surface area contributed by atoms with Gasteiger partial charge in [-0.3, -0.25) is 0 Å². The van der Waals surface area contributed by atoms with Crippen LogP contribution in [-0.4, -0.2) is 50.4 Å². The molecule has 1 aromatic rings. The fourth-order valence-electron chi connectivity index (χ4n) is 2.18. The van der Waals surface area contributed by atoms with E-state index in [1.54, 1.807) is 6.33 Å². The van der Waals surface area contributed by atoms with Crippen LogP contribution in [0, 0.1) is 0 Å². The number of amides is 1. The number of carbonyl (C=O) groups excluding carboxylic acids is 1. The zero-order valence-corrected chi connectivity index (χ0v) is 11.8. The first-order valence-corrected chi connectivity index (χ1v) is 6.40. The minimum Gasteiger partial charge on any atom is -0.444 e. The number of aliphatic hydroxyl groups excluding tert-OH is 1. The molecule has 2 rings (SSSR count). The number of ether oxygens (including phenoxy) is 1. The van der Waals surface area contributed by atoms with Crippen molar-refractivity contribution in [3.05, 3.63) is 18.2 Å². The molecule has 0 spiro atoms. The Labute approximate surface area is 113 Å². The van der Waals surface area contributed by atoms with E-state index in [1.165, 1.54) is 4.90 Å². The van der Waals surface area contributed by atoms with Crippen LogP contribution < -0.4 is 0 Å². The lowest BCUT2D eigenvalue weighted by atomic mass is 10.0. The van der Waals surface area contributed by atoms with Gasteiger partial charge in [0.1, 0.15) is 5.60 Å². The molecule has 1 fully saturated rings. The van der Waals surface area contributed by atoms with Gasteiger partial charge in [-0.15, -0.1) is 0 Å². The first kappa shape index (κ1) is 13.9. The van der Waals surface area contributed by atoms with Gasteiger partial charge in [-0.1, -0.05) is 0 Å². The summed E-state index contributed by atoms with van der Waals surface area (Å²) < 4.78 is 7.14. The first-order valence-electron chi connectivity index (χ1n) is 6.40. The molecule has 2 unspecified atom stereocenters. The predicted octanol–water partition coefficient (Wildman–Crippen LogP) is 1.12. The van der Waals surface area contributed by atoms with E-state index >= 15 is 0 Å². The Balaban J connectivity index is 2.03. The largest absolute Gasteiger partial charge is 0.444 e. The second-order valence-corrected chi connectivity index (χ2v) is 6.02. The Morgan fingerprint density at radius 3 is 2.68 bits per heavy atom. The zero-order valence-electron chi connectivity index (χ0n) is 11.8. The standard InChI is InChI=1S/C13H21N3O3/c1-13(2,3)19-12(18)16-5-9(11(17)7-16)10-6-15(4)8-14-10/h6,8-9,11,17H,5,7H2,1-4H3. The van der Waals surface area contributed by atoms with Crippen LogP contribution in [0.3, 0.4) is 0 Å². The third-order valence-corrected chi connectivity index (χ3v) is 3.05. The van der Waals surface area contributed by atoms with Crippen LogP contribution in [0.1, 0.15) is 32.4 Å². The van der Waals surface area contributed by atoms with Crippen molar-refractivity contribution in [1.82, 2.24) is 14.5 Å². The third kappa shape index (κ3) is 3.26. The van der Waals surface area contributed by atoms with Gasteiger partial charge in [0, 0.05) is 25.7 Å². The molecule has 0 aliphatic carbocycles. The van der Waals surface area contributed by atoms with E-state index < -0.39 is 11.7 Å². The number of aromatic nitrogens is 2. The molecule has 6 heteroatoms. The molecule has 0 bridgehead atoms. The van der Waals surface area contributed by atoms with Crippen LogP contribution in [0.5, 0.6) is 0 Å². The highest BCUT2D eigenvalue weighted by molar-refractivity contribution is 5.68. The van der Waals surface area contributed by atoms with Crippen molar-refractivity contribution in [2.24, 2.45) is 7.05 Å². The average Bonchev–Trinajstić information content (AvgIpc) is 2.82. The quantitative estimate of drug-likeness (QED) is 0.828. The molecule has 0 radical (unpaired) electrons. The van der Waals surface area contributed by atoms with Gasteiger partial charge in [0.25, 0.3) is 0 Å². The molecule has 1 amide bonds. The predicted molar refractivity (Wildman–Crippen MR) is 69.8 cm³/mol. The fraction of sp³-hybridized carbons (Fsp3) is 0.692. The van der Waals surface area contributed by atoms with Crippen molar-refractivity contribution in [3.8, 4) is 0 Å². The second-order valence-electron chi connectivity index (χ2n) is 6.02. The number of hydrogen-bond donors (Lipinski definition) is 1. The van der Waals surface area contributed by atoms with Crippen LogP contribution in [0.15, 0.2) is 12.5 Å². The molecular weight excluding hydrogens is 246 g/mol. The van der Waals surface area contributed by atoms with Crippen molar-refractivity contribution >= 4 is 6.09 Å². The van der Waals surface area contributed by atoms with Gasteiger partial charge in [-0.25, -0.2) is 9.78 Å². The fourth-order valence-corrected chi connectivity index (χ4v) is 2.18. The number of likely N-dealkylation sites (tertiary alicyclic amines) is 1. The van der Waals surface area contributed by atoms with Crippen molar-refractivity contribution in [2.75, 3.05) is 13.1 Å². The summed E-state index contributed by atoms with van der Waals surface area (Å²) in [6, 6.07) is 0. The molecular formula is C13H21N3O3. The summed E-state index contributed by atoms with van der Waals surface area (Å²) in [4.78, 5) is 17.7. The number of β-amino-alcohol motifs (C(OH)–C–C–N with tert-alkyl or cyclic N) is 1. The van der Waals surface area contributed by atoms with Crippen LogP contribution in [0.2, 0.25) is 0 Å². The number of nitrogens with zero attached hydrogens (tertiary/aromatic N) is 3. The molecule has 2 heterocycles. The molecule has 1 saturated heterocycles. The highest BCUT2D eigenvalue weighted by Gasteiger charge is 2.37. The molecule has 0 aromatic carbocycles. The van der Waals surface area contributed by atoms with E-state index in [4.69, 9.17) is 4.74 Å². The Hall–Kier alpha value is -1.56. The maximum Gasteiger partial charge on any atom is 0.410 e. The third-order valence-electron chi connectivity index (χ3n) is 3.05. The molecule has 106 valence electrons. The zero-order chi connectivity index (χ0) is 14.2. The minimum absolute atomic E-state index is 0.145. The lowest BCUT2D eigenvalue weighted by Gasteiger charge is -2.24. The maximum atomic E-state index is 12.0. The Morgan fingerprint density at radius 2 is 2.16 bits per heavy atom. The number of imidazole rings is 1. The van der Waals surface area contributed by atoms with Gasteiger partial charge < -0.3 is 19.3 Å². The van der Waals surface area contributed by atoms with E-state index in [9.17, 15) is 9.90 Å². The number of carbonyl (C=O) groups is 1. The normalized spacial score (nSPS) is 23.7. The molecule has 1 aliphatic rings. The first-order chi connectivity index (χ1) is 8.76. The summed E-state index contributed by atoms with van der Waals surface area (Å²) in [5, 5.41) is 10.1. The Kier molecular flexibility index (Phi) is 3.54. The summed E-state index contributed by atoms with van der Waals surface area (Å²) >= 11 is 0. The summed E-state index contributed by atoms with van der Waals surface area (Å²) in [6.07, 6.45) is 2.58. The molecule has 1 aromatic heterocycles. The second kappa shape index (κ2) is 4.85. The van der Waals surface area contributed by atoms with Gasteiger partial charge >= 0.3 is 6.09 Å². The highest BCUT2D eigenvalue weighted by Crippen LogP contribution is 2.27. The summed E-state index contributed by atoms with van der Waals surface area (Å²) in [5.41, 5.74) is 0.284. The summed E-state index contributed by atoms with van der Waals surface area (Å²) in [6.45, 7) is 6.21. The smallest absolute Gasteiger partial charge is 0.410 e. The SMILES string of the molecule is Cn1cnc(C2CN(C(=O)OC(C)(C)C)CC2O)c1. The number of aryl methyl sites for hydroxylation is 1. The average molecular weight is 267 g/mol.